The second-order valence-electron chi connectivity index (χ2n) is 3.93. The summed E-state index contributed by atoms with van der Waals surface area (Å²) < 4.78 is 18.0. The van der Waals surface area contributed by atoms with Crippen molar-refractivity contribution in [1.29, 1.82) is 0 Å². The van der Waals surface area contributed by atoms with Crippen molar-refractivity contribution < 1.29 is 9.13 Å². The van der Waals surface area contributed by atoms with Crippen LogP contribution in [0.3, 0.4) is 0 Å². The third-order valence-electron chi connectivity index (χ3n) is 2.75. The van der Waals surface area contributed by atoms with Crippen LogP contribution in [-0.2, 0) is 4.74 Å². The van der Waals surface area contributed by atoms with E-state index >= 15 is 0 Å². The second-order valence-corrected chi connectivity index (χ2v) is 4.46. The van der Waals surface area contributed by atoms with Crippen molar-refractivity contribution in [2.24, 2.45) is 0 Å². The molecule has 0 saturated carbocycles. The van der Waals surface area contributed by atoms with Gasteiger partial charge in [0.2, 0.25) is 0 Å². The molecule has 1 aromatic rings. The van der Waals surface area contributed by atoms with Gasteiger partial charge in [0, 0.05) is 19.6 Å². The smallest absolute Gasteiger partial charge is 0.123 e. The molecule has 1 unspecified atom stereocenters. The van der Waals surface area contributed by atoms with Gasteiger partial charge in [-0.25, -0.2) is 4.39 Å². The van der Waals surface area contributed by atoms with E-state index in [1.165, 1.54) is 12.1 Å². The number of rotatable bonds is 3. The highest BCUT2D eigenvalue weighted by Crippen LogP contribution is 2.22. The van der Waals surface area contributed by atoms with Gasteiger partial charge in [0.1, 0.15) is 5.82 Å². The second kappa shape index (κ2) is 5.62. The lowest BCUT2D eigenvalue weighted by molar-refractivity contribution is 0.0378. The highest BCUT2D eigenvalue weighted by molar-refractivity contribution is 6.21. The van der Waals surface area contributed by atoms with Crippen molar-refractivity contribution in [3.8, 4) is 0 Å². The van der Waals surface area contributed by atoms with Crippen LogP contribution in [-0.4, -0.2) is 37.7 Å². The summed E-state index contributed by atoms with van der Waals surface area (Å²) in [6.45, 7) is 4.17. The lowest BCUT2D eigenvalue weighted by Crippen LogP contribution is -2.38. The molecule has 1 aromatic carbocycles. The van der Waals surface area contributed by atoms with Crippen molar-refractivity contribution >= 4 is 11.6 Å². The zero-order chi connectivity index (χ0) is 11.4. The molecule has 1 saturated heterocycles. The number of nitrogens with zero attached hydrogens (tertiary/aromatic N) is 1. The fourth-order valence-electron chi connectivity index (χ4n) is 1.79. The molecular weight excluding hydrogens is 229 g/mol. The van der Waals surface area contributed by atoms with Gasteiger partial charge in [0.05, 0.1) is 18.6 Å². The molecule has 1 fully saturated rings. The third-order valence-corrected chi connectivity index (χ3v) is 3.14. The molecule has 1 atom stereocenters. The molecule has 2 rings (SSSR count). The Morgan fingerprint density at radius 1 is 1.25 bits per heavy atom. The van der Waals surface area contributed by atoms with Crippen molar-refractivity contribution in [3.05, 3.63) is 35.6 Å². The van der Waals surface area contributed by atoms with E-state index in [1.54, 1.807) is 12.1 Å². The molecule has 0 aromatic heterocycles. The van der Waals surface area contributed by atoms with E-state index < -0.39 is 0 Å². The van der Waals surface area contributed by atoms with Crippen LogP contribution < -0.4 is 0 Å². The number of halogens is 2. The summed E-state index contributed by atoms with van der Waals surface area (Å²) in [5.41, 5.74) is 0.967. The first-order valence-electron chi connectivity index (χ1n) is 5.45. The van der Waals surface area contributed by atoms with Gasteiger partial charge in [-0.1, -0.05) is 12.1 Å². The zero-order valence-corrected chi connectivity index (χ0v) is 9.79. The van der Waals surface area contributed by atoms with E-state index in [1.807, 2.05) is 0 Å². The Labute approximate surface area is 100.0 Å². The van der Waals surface area contributed by atoms with E-state index in [0.29, 0.717) is 0 Å². The zero-order valence-electron chi connectivity index (χ0n) is 9.03. The average Bonchev–Trinajstić information content (AvgIpc) is 2.31. The molecule has 0 amide bonds. The van der Waals surface area contributed by atoms with Crippen molar-refractivity contribution in [3.63, 3.8) is 0 Å². The molecule has 88 valence electrons. The molecule has 0 bridgehead atoms. The van der Waals surface area contributed by atoms with Crippen LogP contribution in [0.25, 0.3) is 0 Å². The van der Waals surface area contributed by atoms with Gasteiger partial charge in [0.15, 0.2) is 0 Å². The minimum atomic E-state index is -0.223. The van der Waals surface area contributed by atoms with Crippen molar-refractivity contribution in [1.82, 2.24) is 4.90 Å². The predicted molar refractivity (Wildman–Crippen MR) is 62.3 cm³/mol. The predicted octanol–water partition coefficient (Wildman–Crippen LogP) is 2.44. The largest absolute Gasteiger partial charge is 0.379 e. The van der Waals surface area contributed by atoms with E-state index in [-0.39, 0.29) is 11.2 Å². The minimum absolute atomic E-state index is 0.0845. The summed E-state index contributed by atoms with van der Waals surface area (Å²) in [6, 6.07) is 6.38. The van der Waals surface area contributed by atoms with Gasteiger partial charge in [-0.2, -0.15) is 0 Å². The molecule has 0 aliphatic carbocycles. The van der Waals surface area contributed by atoms with E-state index in [4.69, 9.17) is 16.3 Å². The third kappa shape index (κ3) is 3.17. The highest BCUT2D eigenvalue weighted by atomic mass is 35.5. The fraction of sp³-hybridized carbons (Fsp3) is 0.500. The van der Waals surface area contributed by atoms with E-state index in [2.05, 4.69) is 4.90 Å². The summed E-state index contributed by atoms with van der Waals surface area (Å²) in [5.74, 6) is -0.223. The van der Waals surface area contributed by atoms with Gasteiger partial charge < -0.3 is 4.74 Å². The molecule has 1 aliphatic rings. The SMILES string of the molecule is Fc1ccc(C(Cl)CN2CCOCC2)cc1. The van der Waals surface area contributed by atoms with Crippen LogP contribution >= 0.6 is 11.6 Å². The molecule has 1 aliphatic heterocycles. The Morgan fingerprint density at radius 2 is 1.88 bits per heavy atom. The first-order valence-corrected chi connectivity index (χ1v) is 5.89. The summed E-state index contributed by atoms with van der Waals surface area (Å²) >= 11 is 6.29. The molecular formula is C12H15ClFNO. The van der Waals surface area contributed by atoms with Crippen LogP contribution in [0.2, 0.25) is 0 Å². The fourth-order valence-corrected chi connectivity index (χ4v) is 2.13. The topological polar surface area (TPSA) is 12.5 Å². The number of ether oxygens (including phenoxy) is 1. The summed E-state index contributed by atoms with van der Waals surface area (Å²) in [4.78, 5) is 2.27. The first kappa shape index (κ1) is 11.8. The van der Waals surface area contributed by atoms with E-state index in [9.17, 15) is 4.39 Å². The van der Waals surface area contributed by atoms with Crippen LogP contribution in [0.1, 0.15) is 10.9 Å². The Balaban J connectivity index is 1.91. The highest BCUT2D eigenvalue weighted by Gasteiger charge is 2.16. The molecule has 4 heteroatoms. The normalized spacial score (nSPS) is 19.6. The van der Waals surface area contributed by atoms with E-state index in [0.717, 1.165) is 38.4 Å². The van der Waals surface area contributed by atoms with Gasteiger partial charge in [-0.05, 0) is 17.7 Å². The molecule has 2 nitrogen and oxygen atoms in total. The van der Waals surface area contributed by atoms with Crippen LogP contribution in [0.15, 0.2) is 24.3 Å². The quantitative estimate of drug-likeness (QED) is 0.756. The number of benzene rings is 1. The van der Waals surface area contributed by atoms with Gasteiger partial charge >= 0.3 is 0 Å². The molecule has 0 N–H and O–H groups in total. The van der Waals surface area contributed by atoms with Crippen LogP contribution in [0.4, 0.5) is 4.39 Å². The summed E-state index contributed by atoms with van der Waals surface area (Å²) in [6.07, 6.45) is 0. The number of hydrogen-bond acceptors (Lipinski definition) is 2. The lowest BCUT2D eigenvalue weighted by atomic mass is 10.1. The summed E-state index contributed by atoms with van der Waals surface area (Å²) in [7, 11) is 0. The standard InChI is InChI=1S/C12H15ClFNO/c13-12(9-15-5-7-16-8-6-15)10-1-3-11(14)4-2-10/h1-4,12H,5-9H2. The van der Waals surface area contributed by atoms with Crippen molar-refractivity contribution in [2.75, 3.05) is 32.8 Å². The van der Waals surface area contributed by atoms with Crippen LogP contribution in [0, 0.1) is 5.82 Å². The van der Waals surface area contributed by atoms with Gasteiger partial charge in [0.25, 0.3) is 0 Å². The average molecular weight is 244 g/mol. The monoisotopic (exact) mass is 243 g/mol. The molecule has 16 heavy (non-hydrogen) atoms. The number of alkyl halides is 1. The summed E-state index contributed by atoms with van der Waals surface area (Å²) in [5, 5.41) is -0.0845. The molecule has 0 spiro atoms. The molecule has 1 heterocycles. The molecule has 0 radical (unpaired) electrons. The maximum atomic E-state index is 12.7. The van der Waals surface area contributed by atoms with Crippen LogP contribution in [0.5, 0.6) is 0 Å². The maximum Gasteiger partial charge on any atom is 0.123 e. The Kier molecular flexibility index (Phi) is 4.16. The minimum Gasteiger partial charge on any atom is -0.379 e. The maximum absolute atomic E-state index is 12.7. The Bertz CT molecular complexity index is 324. The lowest BCUT2D eigenvalue weighted by Gasteiger charge is -2.28. The van der Waals surface area contributed by atoms with Crippen molar-refractivity contribution in [2.45, 2.75) is 5.38 Å². The van der Waals surface area contributed by atoms with Gasteiger partial charge in [-0.3, -0.25) is 4.90 Å². The van der Waals surface area contributed by atoms with Gasteiger partial charge in [-0.15, -0.1) is 11.6 Å². The number of morpholine rings is 1. The first-order chi connectivity index (χ1) is 7.75. The Hall–Kier alpha value is -0.640. The Morgan fingerprint density at radius 3 is 2.50 bits per heavy atom. The number of hydrogen-bond donors (Lipinski definition) is 0.